The number of hydrogen-bond acceptors (Lipinski definition) is 5. The largest absolute Gasteiger partial charge is 0.493 e. The molecule has 1 aliphatic rings. The molecular weight excluding hydrogens is 374 g/mol. The van der Waals surface area contributed by atoms with Crippen LogP contribution in [0.15, 0.2) is 36.4 Å². The fraction of sp³-hybridized carbons (Fsp3) is 0.286. The lowest BCUT2D eigenvalue weighted by Crippen LogP contribution is -2.25. The van der Waals surface area contributed by atoms with Gasteiger partial charge >= 0.3 is 0 Å². The second kappa shape index (κ2) is 8.64. The summed E-state index contributed by atoms with van der Waals surface area (Å²) < 4.78 is 10.5. The Labute approximate surface area is 168 Å². The van der Waals surface area contributed by atoms with Crippen LogP contribution in [0, 0.1) is 6.92 Å². The van der Waals surface area contributed by atoms with Crippen LogP contribution in [-0.2, 0) is 4.79 Å². The first-order valence-electron chi connectivity index (χ1n) is 9.19. The van der Waals surface area contributed by atoms with Gasteiger partial charge in [0, 0.05) is 22.9 Å². The number of amides is 3. The van der Waals surface area contributed by atoms with Gasteiger partial charge in [0.15, 0.2) is 18.1 Å². The summed E-state index contributed by atoms with van der Waals surface area (Å²) in [7, 11) is 1.43. The number of rotatable bonds is 8. The van der Waals surface area contributed by atoms with Crippen LogP contribution in [0.4, 0.5) is 5.69 Å². The molecular formula is C21H23N3O5. The number of carbonyl (C=O) groups is 3. The molecule has 0 heterocycles. The van der Waals surface area contributed by atoms with Crippen molar-refractivity contribution in [3.63, 3.8) is 0 Å². The van der Waals surface area contributed by atoms with E-state index in [0.717, 1.165) is 18.4 Å². The molecule has 3 amide bonds. The van der Waals surface area contributed by atoms with Gasteiger partial charge in [0.2, 0.25) is 0 Å². The summed E-state index contributed by atoms with van der Waals surface area (Å²) in [5.41, 5.74) is 7.28. The SMILES string of the molecule is COc1cc(C(=O)Nc2cc(C(=O)NC3CC3)ccc2C)ccc1OCC(N)=O. The van der Waals surface area contributed by atoms with E-state index in [-0.39, 0.29) is 24.5 Å². The third-order valence-corrected chi connectivity index (χ3v) is 4.46. The Kier molecular flexibility index (Phi) is 6.01. The summed E-state index contributed by atoms with van der Waals surface area (Å²) in [4.78, 5) is 35.8. The highest BCUT2D eigenvalue weighted by atomic mass is 16.5. The van der Waals surface area contributed by atoms with Crippen LogP contribution in [0.5, 0.6) is 11.5 Å². The molecule has 4 N–H and O–H groups in total. The van der Waals surface area contributed by atoms with Crippen LogP contribution in [-0.4, -0.2) is 37.5 Å². The average Bonchev–Trinajstić information content (AvgIpc) is 3.51. The molecule has 1 saturated carbocycles. The zero-order chi connectivity index (χ0) is 21.0. The molecule has 0 atom stereocenters. The Morgan fingerprint density at radius 2 is 1.72 bits per heavy atom. The van der Waals surface area contributed by atoms with Gasteiger partial charge in [-0.05, 0) is 55.7 Å². The Bertz CT molecular complexity index is 953. The summed E-state index contributed by atoms with van der Waals surface area (Å²) in [6, 6.07) is 10.0. The minimum absolute atomic E-state index is 0.152. The van der Waals surface area contributed by atoms with Gasteiger partial charge in [-0.25, -0.2) is 0 Å². The van der Waals surface area contributed by atoms with E-state index >= 15 is 0 Å². The van der Waals surface area contributed by atoms with Crippen LogP contribution in [0.2, 0.25) is 0 Å². The Hall–Kier alpha value is -3.55. The van der Waals surface area contributed by atoms with Crippen molar-refractivity contribution >= 4 is 23.4 Å². The molecule has 1 aliphatic carbocycles. The molecule has 3 rings (SSSR count). The van der Waals surface area contributed by atoms with Crippen LogP contribution in [0.1, 0.15) is 39.1 Å². The molecule has 29 heavy (non-hydrogen) atoms. The highest BCUT2D eigenvalue weighted by molar-refractivity contribution is 6.06. The second-order valence-electron chi connectivity index (χ2n) is 6.85. The van der Waals surface area contributed by atoms with E-state index in [1.807, 2.05) is 6.92 Å². The van der Waals surface area contributed by atoms with E-state index in [0.29, 0.717) is 28.3 Å². The summed E-state index contributed by atoms with van der Waals surface area (Å²) in [5, 5.41) is 5.75. The number of nitrogens with one attached hydrogen (secondary N) is 2. The van der Waals surface area contributed by atoms with Gasteiger partial charge in [-0.1, -0.05) is 6.07 Å². The minimum atomic E-state index is -0.616. The van der Waals surface area contributed by atoms with E-state index in [1.165, 1.54) is 19.2 Å². The number of anilines is 1. The van der Waals surface area contributed by atoms with Gasteiger partial charge in [0.1, 0.15) is 0 Å². The van der Waals surface area contributed by atoms with E-state index < -0.39 is 5.91 Å². The lowest BCUT2D eigenvalue weighted by atomic mass is 10.1. The van der Waals surface area contributed by atoms with E-state index in [4.69, 9.17) is 15.2 Å². The summed E-state index contributed by atoms with van der Waals surface area (Å²) in [6.45, 7) is 1.55. The summed E-state index contributed by atoms with van der Waals surface area (Å²) in [6.07, 6.45) is 2.00. The lowest BCUT2D eigenvalue weighted by Gasteiger charge is -2.13. The van der Waals surface area contributed by atoms with Gasteiger partial charge < -0.3 is 25.8 Å². The quantitative estimate of drug-likeness (QED) is 0.629. The number of ether oxygens (including phenoxy) is 2. The molecule has 0 radical (unpaired) electrons. The number of aryl methyl sites for hydroxylation is 1. The van der Waals surface area contributed by atoms with Crippen LogP contribution < -0.4 is 25.8 Å². The van der Waals surface area contributed by atoms with E-state index in [2.05, 4.69) is 10.6 Å². The smallest absolute Gasteiger partial charge is 0.255 e. The molecule has 8 nitrogen and oxygen atoms in total. The maximum atomic E-state index is 12.7. The molecule has 0 saturated heterocycles. The van der Waals surface area contributed by atoms with Gasteiger partial charge in [0.25, 0.3) is 17.7 Å². The summed E-state index contributed by atoms with van der Waals surface area (Å²) >= 11 is 0. The standard InChI is InChI=1S/C21H23N3O5/c1-12-3-4-13(20(26)23-15-6-7-15)9-16(12)24-21(27)14-5-8-17(18(10-14)28-2)29-11-19(22)25/h3-5,8-10,15H,6-7,11H2,1-2H3,(H2,22,25)(H,23,26)(H,24,27). The minimum Gasteiger partial charge on any atom is -0.493 e. The molecule has 0 unspecified atom stereocenters. The van der Waals surface area contributed by atoms with Crippen molar-refractivity contribution in [2.75, 3.05) is 19.0 Å². The zero-order valence-electron chi connectivity index (χ0n) is 16.3. The zero-order valence-corrected chi connectivity index (χ0v) is 16.3. The molecule has 0 aromatic heterocycles. The van der Waals surface area contributed by atoms with Crippen molar-refractivity contribution in [2.24, 2.45) is 5.73 Å². The van der Waals surface area contributed by atoms with Gasteiger partial charge in [0.05, 0.1) is 7.11 Å². The number of primary amides is 1. The predicted molar refractivity (Wildman–Crippen MR) is 107 cm³/mol. The predicted octanol–water partition coefficient (Wildman–Crippen LogP) is 2.01. The average molecular weight is 397 g/mol. The molecule has 152 valence electrons. The molecule has 1 fully saturated rings. The number of benzene rings is 2. The van der Waals surface area contributed by atoms with Crippen LogP contribution in [0.25, 0.3) is 0 Å². The number of methoxy groups -OCH3 is 1. The van der Waals surface area contributed by atoms with Crippen molar-refractivity contribution in [3.05, 3.63) is 53.1 Å². The third-order valence-electron chi connectivity index (χ3n) is 4.46. The normalized spacial score (nSPS) is 12.8. The first kappa shape index (κ1) is 20.2. The molecule has 8 heteroatoms. The number of nitrogens with two attached hydrogens (primary N) is 1. The topological polar surface area (TPSA) is 120 Å². The van der Waals surface area contributed by atoms with Gasteiger partial charge in [-0.15, -0.1) is 0 Å². The van der Waals surface area contributed by atoms with E-state index in [9.17, 15) is 14.4 Å². The van der Waals surface area contributed by atoms with Crippen LogP contribution >= 0.6 is 0 Å². The highest BCUT2D eigenvalue weighted by Gasteiger charge is 2.24. The lowest BCUT2D eigenvalue weighted by molar-refractivity contribution is -0.119. The van der Waals surface area contributed by atoms with E-state index in [1.54, 1.807) is 24.3 Å². The third kappa shape index (κ3) is 5.25. The number of hydrogen-bond donors (Lipinski definition) is 3. The monoisotopic (exact) mass is 397 g/mol. The first-order chi connectivity index (χ1) is 13.9. The fourth-order valence-corrected chi connectivity index (χ4v) is 2.67. The van der Waals surface area contributed by atoms with Crippen molar-refractivity contribution in [3.8, 4) is 11.5 Å². The van der Waals surface area contributed by atoms with Crippen LogP contribution in [0.3, 0.4) is 0 Å². The molecule has 0 bridgehead atoms. The molecule has 2 aromatic carbocycles. The second-order valence-corrected chi connectivity index (χ2v) is 6.85. The maximum absolute atomic E-state index is 12.7. The van der Waals surface area contributed by atoms with Crippen molar-refractivity contribution in [2.45, 2.75) is 25.8 Å². The molecule has 0 aliphatic heterocycles. The summed E-state index contributed by atoms with van der Waals surface area (Å²) in [5.74, 6) is -0.533. The Morgan fingerprint density at radius 1 is 1.03 bits per heavy atom. The van der Waals surface area contributed by atoms with Gasteiger partial charge in [-0.3, -0.25) is 14.4 Å². The van der Waals surface area contributed by atoms with Crippen molar-refractivity contribution in [1.29, 1.82) is 0 Å². The van der Waals surface area contributed by atoms with Gasteiger partial charge in [-0.2, -0.15) is 0 Å². The number of carbonyl (C=O) groups excluding carboxylic acids is 3. The Morgan fingerprint density at radius 3 is 2.38 bits per heavy atom. The molecule has 2 aromatic rings. The van der Waals surface area contributed by atoms with Crippen molar-refractivity contribution < 1.29 is 23.9 Å². The fourth-order valence-electron chi connectivity index (χ4n) is 2.67. The molecule has 0 spiro atoms. The highest BCUT2D eigenvalue weighted by Crippen LogP contribution is 2.29. The Balaban J connectivity index is 1.75. The first-order valence-corrected chi connectivity index (χ1v) is 9.19. The van der Waals surface area contributed by atoms with Crippen molar-refractivity contribution in [1.82, 2.24) is 5.32 Å². The maximum Gasteiger partial charge on any atom is 0.255 e.